The number of amides is 2. The quantitative estimate of drug-likeness (QED) is 0.252. The molecule has 42 heavy (non-hydrogen) atoms. The number of carbonyl (C=O) groups is 2. The summed E-state index contributed by atoms with van der Waals surface area (Å²) in [4.78, 5) is 30.4. The molecule has 2 amide bonds. The summed E-state index contributed by atoms with van der Waals surface area (Å²) < 4.78 is 29.3. The van der Waals surface area contributed by atoms with Crippen molar-refractivity contribution in [1.82, 2.24) is 10.2 Å². The fourth-order valence-electron chi connectivity index (χ4n) is 5.41. The first-order valence-electron chi connectivity index (χ1n) is 14.5. The molecule has 1 fully saturated rings. The number of carbonyl (C=O) groups excluding carboxylic acids is 2. The molecule has 1 atom stereocenters. The van der Waals surface area contributed by atoms with Crippen LogP contribution in [-0.2, 0) is 26.2 Å². The van der Waals surface area contributed by atoms with E-state index in [-0.39, 0.29) is 23.4 Å². The summed E-state index contributed by atoms with van der Waals surface area (Å²) in [5.41, 5.74) is 3.29. The van der Waals surface area contributed by atoms with Gasteiger partial charge in [0.2, 0.25) is 11.8 Å². The first-order chi connectivity index (χ1) is 20.1. The molecule has 224 valence electrons. The summed E-state index contributed by atoms with van der Waals surface area (Å²) in [6.07, 6.45) is 6.36. The second-order valence-corrected chi connectivity index (χ2v) is 13.7. The van der Waals surface area contributed by atoms with Crippen molar-refractivity contribution in [2.45, 2.75) is 81.3 Å². The number of hydrogen-bond acceptors (Lipinski definition) is 5. The summed E-state index contributed by atoms with van der Waals surface area (Å²) >= 11 is 1.52. The van der Waals surface area contributed by atoms with E-state index in [0.717, 1.165) is 51.6 Å². The number of hydrogen-bond donors (Lipinski definition) is 1. The van der Waals surface area contributed by atoms with Crippen LogP contribution in [0.15, 0.2) is 82.6 Å². The van der Waals surface area contributed by atoms with Crippen molar-refractivity contribution in [1.29, 1.82) is 0 Å². The van der Waals surface area contributed by atoms with Crippen molar-refractivity contribution >= 4 is 39.3 Å². The third-order valence-corrected chi connectivity index (χ3v) is 10.3. The number of rotatable bonds is 12. The first kappa shape index (κ1) is 31.6. The SMILES string of the molecule is CCC(C(=O)NC1CCCC1)N(Cc1cccc(C)c1)C(=O)CN(c1ccc(C)cc1)S(=O)(=O)c1ccc(SC)cc1. The van der Waals surface area contributed by atoms with Crippen molar-refractivity contribution < 1.29 is 18.0 Å². The monoisotopic (exact) mass is 607 g/mol. The third kappa shape index (κ3) is 7.75. The molecule has 3 aromatic rings. The normalized spacial score (nSPS) is 14.4. The topological polar surface area (TPSA) is 86.8 Å². The van der Waals surface area contributed by atoms with Crippen molar-refractivity contribution in [3.63, 3.8) is 0 Å². The second-order valence-electron chi connectivity index (χ2n) is 10.9. The summed E-state index contributed by atoms with van der Waals surface area (Å²) in [5, 5.41) is 3.15. The molecule has 1 N–H and O–H groups in total. The van der Waals surface area contributed by atoms with Gasteiger partial charge in [-0.1, -0.05) is 67.3 Å². The Bertz CT molecular complexity index is 1470. The van der Waals surface area contributed by atoms with Gasteiger partial charge in [0.25, 0.3) is 10.0 Å². The first-order valence-corrected chi connectivity index (χ1v) is 17.2. The molecule has 0 spiro atoms. The van der Waals surface area contributed by atoms with E-state index in [1.165, 1.54) is 11.8 Å². The summed E-state index contributed by atoms with van der Waals surface area (Å²) in [6, 6.07) is 20.9. The maximum atomic E-state index is 14.2. The highest BCUT2D eigenvalue weighted by molar-refractivity contribution is 7.98. The molecule has 7 nitrogen and oxygen atoms in total. The number of nitrogens with one attached hydrogen (secondary N) is 1. The lowest BCUT2D eigenvalue weighted by atomic mass is 10.1. The molecule has 0 bridgehead atoms. The fourth-order valence-corrected chi connectivity index (χ4v) is 7.23. The number of sulfonamides is 1. The Morgan fingerprint density at radius 3 is 2.21 bits per heavy atom. The summed E-state index contributed by atoms with van der Waals surface area (Å²) in [5.74, 6) is -0.627. The van der Waals surface area contributed by atoms with Gasteiger partial charge in [-0.05, 0) is 81.3 Å². The van der Waals surface area contributed by atoms with Crippen LogP contribution in [-0.4, -0.2) is 50.0 Å². The van der Waals surface area contributed by atoms with Crippen LogP contribution < -0.4 is 9.62 Å². The van der Waals surface area contributed by atoms with Gasteiger partial charge in [-0.2, -0.15) is 0 Å². The zero-order valence-electron chi connectivity index (χ0n) is 24.9. The number of anilines is 1. The minimum atomic E-state index is -4.10. The smallest absolute Gasteiger partial charge is 0.264 e. The van der Waals surface area contributed by atoms with E-state index in [0.29, 0.717) is 12.1 Å². The second kappa shape index (κ2) is 14.2. The van der Waals surface area contributed by atoms with Crippen LogP contribution in [0.4, 0.5) is 5.69 Å². The lowest BCUT2D eigenvalue weighted by Gasteiger charge is -2.34. The zero-order valence-corrected chi connectivity index (χ0v) is 26.5. The molecule has 1 aliphatic rings. The highest BCUT2D eigenvalue weighted by Crippen LogP contribution is 2.27. The molecule has 0 aliphatic heterocycles. The van der Waals surface area contributed by atoms with Crippen LogP contribution in [0, 0.1) is 13.8 Å². The van der Waals surface area contributed by atoms with Crippen LogP contribution in [0.1, 0.15) is 55.7 Å². The van der Waals surface area contributed by atoms with E-state index in [9.17, 15) is 18.0 Å². The molecule has 0 aromatic heterocycles. The van der Waals surface area contributed by atoms with E-state index in [1.807, 2.05) is 63.4 Å². The van der Waals surface area contributed by atoms with E-state index >= 15 is 0 Å². The third-order valence-electron chi connectivity index (χ3n) is 7.77. The van der Waals surface area contributed by atoms with Gasteiger partial charge in [0, 0.05) is 17.5 Å². The van der Waals surface area contributed by atoms with Crippen molar-refractivity contribution in [2.75, 3.05) is 17.1 Å². The standard InChI is InChI=1S/C33H41N3O4S2/c1-5-31(33(38)34-27-11-6-7-12-27)35(22-26-10-8-9-25(3)21-26)32(37)23-36(28-15-13-24(2)14-16-28)42(39,40)30-19-17-29(41-4)18-20-30/h8-10,13-21,27,31H,5-7,11-12,22-23H2,1-4H3,(H,34,38). The van der Waals surface area contributed by atoms with E-state index < -0.39 is 28.5 Å². The highest BCUT2D eigenvalue weighted by atomic mass is 32.2. The Morgan fingerprint density at radius 1 is 0.952 bits per heavy atom. The maximum Gasteiger partial charge on any atom is 0.264 e. The van der Waals surface area contributed by atoms with Gasteiger partial charge in [0.15, 0.2) is 0 Å². The van der Waals surface area contributed by atoms with Crippen LogP contribution in [0.5, 0.6) is 0 Å². The number of nitrogens with zero attached hydrogens (tertiary/aromatic N) is 2. The molecule has 9 heteroatoms. The molecular formula is C33H41N3O4S2. The molecule has 0 saturated heterocycles. The van der Waals surface area contributed by atoms with E-state index in [2.05, 4.69) is 5.32 Å². The van der Waals surface area contributed by atoms with E-state index in [1.54, 1.807) is 41.3 Å². The average molecular weight is 608 g/mol. The van der Waals surface area contributed by atoms with Gasteiger partial charge in [0.05, 0.1) is 10.6 Å². The van der Waals surface area contributed by atoms with Crippen molar-refractivity contribution in [3.8, 4) is 0 Å². The van der Waals surface area contributed by atoms with Crippen molar-refractivity contribution in [3.05, 3.63) is 89.5 Å². The Labute approximate surface area is 254 Å². The average Bonchev–Trinajstić information content (AvgIpc) is 3.49. The number of benzene rings is 3. The molecule has 1 aliphatic carbocycles. The minimum absolute atomic E-state index is 0.102. The summed E-state index contributed by atoms with van der Waals surface area (Å²) in [7, 11) is -4.10. The number of thioether (sulfide) groups is 1. The lowest BCUT2D eigenvalue weighted by molar-refractivity contribution is -0.140. The van der Waals surface area contributed by atoms with Gasteiger partial charge in [-0.3, -0.25) is 13.9 Å². The Balaban J connectivity index is 1.71. The predicted molar refractivity (Wildman–Crippen MR) is 170 cm³/mol. The van der Waals surface area contributed by atoms with Crippen LogP contribution in [0.3, 0.4) is 0 Å². The lowest BCUT2D eigenvalue weighted by Crippen LogP contribution is -2.53. The Hall–Kier alpha value is -3.30. The molecule has 0 heterocycles. The van der Waals surface area contributed by atoms with Gasteiger partial charge >= 0.3 is 0 Å². The van der Waals surface area contributed by atoms with E-state index in [4.69, 9.17) is 0 Å². The Morgan fingerprint density at radius 2 is 1.62 bits per heavy atom. The highest BCUT2D eigenvalue weighted by Gasteiger charge is 2.34. The van der Waals surface area contributed by atoms with Crippen LogP contribution >= 0.6 is 11.8 Å². The fraction of sp³-hybridized carbons (Fsp3) is 0.394. The largest absolute Gasteiger partial charge is 0.352 e. The van der Waals surface area contributed by atoms with Gasteiger partial charge in [0.1, 0.15) is 12.6 Å². The van der Waals surface area contributed by atoms with Gasteiger partial charge in [-0.15, -0.1) is 11.8 Å². The zero-order chi connectivity index (χ0) is 30.3. The maximum absolute atomic E-state index is 14.2. The molecule has 4 rings (SSSR count). The van der Waals surface area contributed by atoms with Gasteiger partial charge in [-0.25, -0.2) is 8.42 Å². The molecule has 3 aromatic carbocycles. The predicted octanol–water partition coefficient (Wildman–Crippen LogP) is 6.09. The Kier molecular flexibility index (Phi) is 10.7. The molecule has 0 radical (unpaired) electrons. The summed E-state index contributed by atoms with van der Waals surface area (Å²) in [6.45, 7) is 5.55. The molecule has 1 unspecified atom stereocenters. The minimum Gasteiger partial charge on any atom is -0.352 e. The van der Waals surface area contributed by atoms with Crippen molar-refractivity contribution in [2.24, 2.45) is 0 Å². The molecule has 1 saturated carbocycles. The van der Waals surface area contributed by atoms with Gasteiger partial charge < -0.3 is 10.2 Å². The van der Waals surface area contributed by atoms with Crippen LogP contribution in [0.25, 0.3) is 0 Å². The van der Waals surface area contributed by atoms with Crippen LogP contribution in [0.2, 0.25) is 0 Å². The number of aryl methyl sites for hydroxylation is 2. The molecular weight excluding hydrogens is 567 g/mol.